The van der Waals surface area contributed by atoms with E-state index in [9.17, 15) is 0 Å². The van der Waals surface area contributed by atoms with Crippen LogP contribution in [-0.4, -0.2) is 9.36 Å². The largest absolute Gasteiger partial charge is 0.213 e. The molecular weight excluding hydrogens is 307 g/mol. The molecule has 72 valence electrons. The highest BCUT2D eigenvalue weighted by atomic mass is 127. The van der Waals surface area contributed by atoms with Gasteiger partial charge < -0.3 is 0 Å². The zero-order chi connectivity index (χ0) is 9.97. The Bertz CT molecular complexity index is 439. The van der Waals surface area contributed by atoms with Crippen LogP contribution in [0.15, 0.2) is 24.3 Å². The average Bonchev–Trinajstić information content (AvgIpc) is 2.51. The number of hydrogen-bond donors (Lipinski definition) is 0. The van der Waals surface area contributed by atoms with E-state index in [1.54, 1.807) is 0 Å². The lowest BCUT2D eigenvalue weighted by Gasteiger charge is -1.98. The molecule has 0 spiro atoms. The summed E-state index contributed by atoms with van der Waals surface area (Å²) in [6, 6.07) is 8.46. The second-order valence-corrected chi connectivity index (χ2v) is 5.64. The van der Waals surface area contributed by atoms with Crippen LogP contribution in [0.25, 0.3) is 0 Å². The number of benzene rings is 1. The molecule has 0 atom stereocenters. The second kappa shape index (κ2) is 4.35. The summed E-state index contributed by atoms with van der Waals surface area (Å²) >= 11 is 3.65. The van der Waals surface area contributed by atoms with Gasteiger partial charge in [0.25, 0.3) is 0 Å². The molecule has 14 heavy (non-hydrogen) atoms. The van der Waals surface area contributed by atoms with E-state index in [4.69, 9.17) is 0 Å². The third kappa shape index (κ3) is 2.51. The van der Waals surface area contributed by atoms with Crippen LogP contribution in [0.5, 0.6) is 0 Å². The van der Waals surface area contributed by atoms with Gasteiger partial charge in [0.2, 0.25) is 0 Å². The van der Waals surface area contributed by atoms with Gasteiger partial charge in [-0.1, -0.05) is 29.8 Å². The van der Waals surface area contributed by atoms with Gasteiger partial charge in [-0.05, 0) is 46.6 Å². The molecule has 1 aromatic heterocycles. The standard InChI is InChI=1S/C10H9IN2S/c1-7-3-2-4-8(5-7)6-9-12-10(11)14-13-9/h2-5H,6H2,1H3. The van der Waals surface area contributed by atoms with Crippen LogP contribution in [0.3, 0.4) is 0 Å². The zero-order valence-corrected chi connectivity index (χ0v) is 10.7. The van der Waals surface area contributed by atoms with Crippen molar-refractivity contribution in [3.63, 3.8) is 0 Å². The van der Waals surface area contributed by atoms with E-state index in [1.807, 2.05) is 0 Å². The average molecular weight is 316 g/mol. The predicted molar refractivity (Wildman–Crippen MR) is 66.6 cm³/mol. The van der Waals surface area contributed by atoms with Crippen LogP contribution in [-0.2, 0) is 6.42 Å². The quantitative estimate of drug-likeness (QED) is 0.796. The molecule has 2 nitrogen and oxygen atoms in total. The Labute approximate surface area is 101 Å². The van der Waals surface area contributed by atoms with Crippen LogP contribution in [0.2, 0.25) is 0 Å². The fraction of sp³-hybridized carbons (Fsp3) is 0.200. The van der Waals surface area contributed by atoms with E-state index in [0.717, 1.165) is 15.3 Å². The van der Waals surface area contributed by atoms with Gasteiger partial charge in [0, 0.05) is 6.42 Å². The maximum absolute atomic E-state index is 4.33. The van der Waals surface area contributed by atoms with Crippen LogP contribution in [0.1, 0.15) is 17.0 Å². The summed E-state index contributed by atoms with van der Waals surface area (Å²) in [6.45, 7) is 2.10. The van der Waals surface area contributed by atoms with Gasteiger partial charge in [-0.25, -0.2) is 4.98 Å². The molecule has 0 bridgehead atoms. The third-order valence-corrected chi connectivity index (χ3v) is 3.26. The fourth-order valence-corrected chi connectivity index (χ4v) is 2.32. The van der Waals surface area contributed by atoms with Gasteiger partial charge in [0.15, 0.2) is 3.01 Å². The molecule has 2 rings (SSSR count). The lowest BCUT2D eigenvalue weighted by atomic mass is 10.1. The molecule has 0 fully saturated rings. The van der Waals surface area contributed by atoms with E-state index in [2.05, 4.69) is 63.1 Å². The van der Waals surface area contributed by atoms with Crippen molar-refractivity contribution in [1.29, 1.82) is 0 Å². The molecule has 0 saturated carbocycles. The minimum Gasteiger partial charge on any atom is -0.213 e. The molecule has 1 aromatic carbocycles. The first-order valence-electron chi connectivity index (χ1n) is 4.27. The van der Waals surface area contributed by atoms with Crippen LogP contribution in [0, 0.1) is 9.94 Å². The SMILES string of the molecule is Cc1cccc(Cc2nsc(I)n2)c1. The molecule has 4 heteroatoms. The van der Waals surface area contributed by atoms with E-state index in [0.29, 0.717) is 0 Å². The van der Waals surface area contributed by atoms with Crippen molar-refractivity contribution in [2.24, 2.45) is 0 Å². The normalized spacial score (nSPS) is 10.4. The molecule has 2 aromatic rings. The first-order valence-corrected chi connectivity index (χ1v) is 6.13. The van der Waals surface area contributed by atoms with Gasteiger partial charge in [-0.3, -0.25) is 0 Å². The highest BCUT2D eigenvalue weighted by Gasteiger charge is 2.02. The topological polar surface area (TPSA) is 25.8 Å². The Balaban J connectivity index is 2.18. The summed E-state index contributed by atoms with van der Waals surface area (Å²) in [5.74, 6) is 0.921. The molecule has 0 unspecified atom stereocenters. The first-order chi connectivity index (χ1) is 6.74. The third-order valence-electron chi connectivity index (χ3n) is 1.89. The summed E-state index contributed by atoms with van der Waals surface area (Å²) < 4.78 is 5.27. The number of halogens is 1. The Morgan fingerprint density at radius 3 is 2.93 bits per heavy atom. The maximum Gasteiger partial charge on any atom is 0.173 e. The minimum absolute atomic E-state index is 0.835. The Kier molecular flexibility index (Phi) is 3.12. The molecular formula is C10H9IN2S. The number of nitrogens with zero attached hydrogens (tertiary/aromatic N) is 2. The number of hydrogen-bond acceptors (Lipinski definition) is 3. The van der Waals surface area contributed by atoms with Crippen molar-refractivity contribution >= 4 is 34.1 Å². The molecule has 0 N–H and O–H groups in total. The Morgan fingerprint density at radius 2 is 2.29 bits per heavy atom. The summed E-state index contributed by atoms with van der Waals surface area (Å²) in [5.41, 5.74) is 2.56. The molecule has 1 heterocycles. The van der Waals surface area contributed by atoms with Gasteiger partial charge in [0.1, 0.15) is 5.82 Å². The van der Waals surface area contributed by atoms with Crippen molar-refractivity contribution in [1.82, 2.24) is 9.36 Å². The van der Waals surface area contributed by atoms with E-state index in [-0.39, 0.29) is 0 Å². The number of aromatic nitrogens is 2. The summed E-state index contributed by atoms with van der Waals surface area (Å²) in [7, 11) is 0. The van der Waals surface area contributed by atoms with E-state index < -0.39 is 0 Å². The monoisotopic (exact) mass is 316 g/mol. The molecule has 0 radical (unpaired) electrons. The second-order valence-electron chi connectivity index (χ2n) is 3.13. The van der Waals surface area contributed by atoms with Crippen molar-refractivity contribution in [3.05, 3.63) is 44.2 Å². The lowest BCUT2D eigenvalue weighted by molar-refractivity contribution is 1.03. The number of aryl methyl sites for hydroxylation is 1. The molecule has 0 aliphatic heterocycles. The van der Waals surface area contributed by atoms with E-state index in [1.165, 1.54) is 22.7 Å². The van der Waals surface area contributed by atoms with Crippen LogP contribution >= 0.6 is 34.1 Å². The summed E-state index contributed by atoms with van der Waals surface area (Å²) in [6.07, 6.45) is 0.835. The maximum atomic E-state index is 4.33. The lowest BCUT2D eigenvalue weighted by Crippen LogP contribution is -1.90. The Hall–Kier alpha value is -0.490. The fourth-order valence-electron chi connectivity index (χ4n) is 1.31. The smallest absolute Gasteiger partial charge is 0.173 e. The summed E-state index contributed by atoms with van der Waals surface area (Å²) in [4.78, 5) is 4.33. The van der Waals surface area contributed by atoms with Gasteiger partial charge in [0.05, 0.1) is 0 Å². The van der Waals surface area contributed by atoms with Gasteiger partial charge in [-0.15, -0.1) is 0 Å². The Morgan fingerprint density at radius 1 is 1.43 bits per heavy atom. The van der Waals surface area contributed by atoms with Crippen molar-refractivity contribution in [2.45, 2.75) is 13.3 Å². The molecule has 0 amide bonds. The van der Waals surface area contributed by atoms with Crippen LogP contribution in [0.4, 0.5) is 0 Å². The van der Waals surface area contributed by atoms with Crippen molar-refractivity contribution in [3.8, 4) is 0 Å². The van der Waals surface area contributed by atoms with Crippen molar-refractivity contribution in [2.75, 3.05) is 0 Å². The van der Waals surface area contributed by atoms with Crippen LogP contribution < -0.4 is 0 Å². The predicted octanol–water partition coefficient (Wildman–Crippen LogP) is 3.04. The summed E-state index contributed by atoms with van der Waals surface area (Å²) in [5, 5.41) is 0. The van der Waals surface area contributed by atoms with Gasteiger partial charge in [-0.2, -0.15) is 4.37 Å². The molecule has 0 saturated heterocycles. The first kappa shape index (κ1) is 10.0. The number of rotatable bonds is 2. The molecule has 0 aliphatic rings. The highest BCUT2D eigenvalue weighted by Crippen LogP contribution is 2.12. The minimum atomic E-state index is 0.835. The van der Waals surface area contributed by atoms with Gasteiger partial charge >= 0.3 is 0 Å². The zero-order valence-electron chi connectivity index (χ0n) is 7.70. The van der Waals surface area contributed by atoms with E-state index >= 15 is 0 Å². The molecule has 0 aliphatic carbocycles. The highest BCUT2D eigenvalue weighted by molar-refractivity contribution is 14.1. The van der Waals surface area contributed by atoms with Crippen molar-refractivity contribution < 1.29 is 0 Å².